The molecule has 1 N–H and O–H groups in total. The maximum Gasteiger partial charge on any atom is 0.333 e. The molecular formula is C25H29NO4S. The number of rotatable bonds is 11. The highest BCUT2D eigenvalue weighted by Gasteiger charge is 2.17. The van der Waals surface area contributed by atoms with Gasteiger partial charge < -0.3 is 19.1 Å². The number of benzene rings is 2. The van der Waals surface area contributed by atoms with Gasteiger partial charge in [0.1, 0.15) is 12.4 Å². The Balaban J connectivity index is 1.57. The van der Waals surface area contributed by atoms with Crippen molar-refractivity contribution in [3.8, 4) is 17.0 Å². The summed E-state index contributed by atoms with van der Waals surface area (Å²) in [5, 5.41) is 9.22. The number of hydrogen-bond acceptors (Lipinski definition) is 4. The van der Waals surface area contributed by atoms with Crippen LogP contribution in [0, 0.1) is 6.92 Å². The van der Waals surface area contributed by atoms with Crippen molar-refractivity contribution in [2.75, 3.05) is 13.2 Å². The summed E-state index contributed by atoms with van der Waals surface area (Å²) in [4.78, 5) is 11.2. The number of carbonyl (C=O) groups is 1. The number of nitrogens with zero attached hydrogens (tertiary/aromatic N) is 1. The molecule has 31 heavy (non-hydrogen) atoms. The Kier molecular flexibility index (Phi) is 8.20. The van der Waals surface area contributed by atoms with Gasteiger partial charge in [-0.25, -0.2) is 4.79 Å². The van der Waals surface area contributed by atoms with Crippen molar-refractivity contribution in [1.82, 2.24) is 4.57 Å². The fourth-order valence-electron chi connectivity index (χ4n) is 3.52. The lowest BCUT2D eigenvalue weighted by Crippen LogP contribution is -2.26. The lowest BCUT2D eigenvalue weighted by molar-refractivity contribution is -0.149. The smallest absolute Gasteiger partial charge is 0.333 e. The standard InChI is InChI=1S/C25H29NO4S/c1-3-29-24(25(27)28)16-19-6-10-22(11-7-19)30-14-13-26-12-4-5-23(26)20-8-9-21(17-31)18(2)15-20/h4-12,15,24,31H,3,13-14,16-17H2,1-2H3,(H,27,28). The maximum atomic E-state index is 11.2. The highest BCUT2D eigenvalue weighted by molar-refractivity contribution is 7.79. The summed E-state index contributed by atoms with van der Waals surface area (Å²) in [6, 6.07) is 18.1. The molecule has 3 rings (SSSR count). The van der Waals surface area contributed by atoms with Crippen molar-refractivity contribution in [1.29, 1.82) is 0 Å². The van der Waals surface area contributed by atoms with E-state index in [1.807, 2.05) is 30.3 Å². The summed E-state index contributed by atoms with van der Waals surface area (Å²) in [5.41, 5.74) is 5.72. The third-order valence-corrected chi connectivity index (χ3v) is 5.57. The predicted octanol–water partition coefficient (Wildman–Crippen LogP) is 5.00. The normalized spacial score (nSPS) is 12.0. The molecule has 0 fully saturated rings. The molecule has 0 radical (unpaired) electrons. The topological polar surface area (TPSA) is 60.7 Å². The van der Waals surface area contributed by atoms with Gasteiger partial charge in [-0.1, -0.05) is 24.3 Å². The van der Waals surface area contributed by atoms with Crippen molar-refractivity contribution in [2.45, 2.75) is 38.7 Å². The third kappa shape index (κ3) is 6.15. The highest BCUT2D eigenvalue weighted by atomic mass is 32.1. The van der Waals surface area contributed by atoms with Crippen molar-refractivity contribution >= 4 is 18.6 Å². The van der Waals surface area contributed by atoms with E-state index in [0.29, 0.717) is 19.6 Å². The lowest BCUT2D eigenvalue weighted by atomic mass is 10.0. The summed E-state index contributed by atoms with van der Waals surface area (Å²) < 4.78 is 13.4. The van der Waals surface area contributed by atoms with Crippen LogP contribution in [0.1, 0.15) is 23.6 Å². The second-order valence-electron chi connectivity index (χ2n) is 7.36. The van der Waals surface area contributed by atoms with Crippen LogP contribution in [0.15, 0.2) is 60.8 Å². The molecule has 0 aliphatic carbocycles. The number of ether oxygens (including phenoxy) is 2. The molecule has 1 atom stereocenters. The van der Waals surface area contributed by atoms with Crippen molar-refractivity contribution in [3.05, 3.63) is 77.5 Å². The molecule has 6 heteroatoms. The van der Waals surface area contributed by atoms with E-state index in [9.17, 15) is 9.90 Å². The quantitative estimate of drug-likeness (QED) is 0.413. The molecule has 0 bridgehead atoms. The van der Waals surface area contributed by atoms with Crippen LogP contribution in [0.25, 0.3) is 11.3 Å². The van der Waals surface area contributed by atoms with Gasteiger partial charge in [-0.05, 0) is 66.4 Å². The van der Waals surface area contributed by atoms with Gasteiger partial charge in [-0.3, -0.25) is 0 Å². The van der Waals surface area contributed by atoms with Crippen molar-refractivity contribution in [3.63, 3.8) is 0 Å². The molecule has 5 nitrogen and oxygen atoms in total. The van der Waals surface area contributed by atoms with E-state index < -0.39 is 12.1 Å². The minimum Gasteiger partial charge on any atom is -0.492 e. The summed E-state index contributed by atoms with van der Waals surface area (Å²) in [6.45, 7) is 5.54. The number of aliphatic carboxylic acids is 1. The lowest BCUT2D eigenvalue weighted by Gasteiger charge is -2.14. The molecule has 0 amide bonds. The van der Waals surface area contributed by atoms with Crippen LogP contribution in [0.3, 0.4) is 0 Å². The fraction of sp³-hybridized carbons (Fsp3) is 0.320. The van der Waals surface area contributed by atoms with Gasteiger partial charge in [0.25, 0.3) is 0 Å². The first-order valence-electron chi connectivity index (χ1n) is 10.4. The van der Waals surface area contributed by atoms with E-state index in [1.54, 1.807) is 6.92 Å². The Hall–Kier alpha value is -2.70. The number of carboxylic acid groups (broad SMARTS) is 1. The maximum absolute atomic E-state index is 11.2. The molecule has 2 aromatic carbocycles. The molecule has 1 unspecified atom stereocenters. The van der Waals surface area contributed by atoms with Crippen molar-refractivity contribution in [2.24, 2.45) is 0 Å². The van der Waals surface area contributed by atoms with Gasteiger partial charge in [0.2, 0.25) is 0 Å². The first kappa shape index (κ1) is 23.0. The van der Waals surface area contributed by atoms with E-state index in [-0.39, 0.29) is 0 Å². The zero-order valence-electron chi connectivity index (χ0n) is 18.0. The summed E-state index contributed by atoms with van der Waals surface area (Å²) >= 11 is 4.38. The Bertz CT molecular complexity index is 997. The molecule has 1 aromatic heterocycles. The largest absolute Gasteiger partial charge is 0.492 e. The summed E-state index contributed by atoms with van der Waals surface area (Å²) in [6.07, 6.45) is 1.57. The van der Waals surface area contributed by atoms with Gasteiger partial charge in [0.05, 0.1) is 6.54 Å². The second-order valence-corrected chi connectivity index (χ2v) is 7.68. The second kappa shape index (κ2) is 11.1. The summed E-state index contributed by atoms with van der Waals surface area (Å²) in [7, 11) is 0. The molecule has 0 aliphatic heterocycles. The Labute approximate surface area is 189 Å². The predicted molar refractivity (Wildman–Crippen MR) is 126 cm³/mol. The number of aromatic nitrogens is 1. The van der Waals surface area contributed by atoms with Crippen LogP contribution in [0.5, 0.6) is 5.75 Å². The zero-order valence-corrected chi connectivity index (χ0v) is 18.8. The average Bonchev–Trinajstić information content (AvgIpc) is 3.23. The number of aryl methyl sites for hydroxylation is 1. The van der Waals surface area contributed by atoms with Gasteiger partial charge in [-0.2, -0.15) is 12.6 Å². The average molecular weight is 440 g/mol. The van der Waals surface area contributed by atoms with Crippen LogP contribution in [-0.2, 0) is 28.2 Å². The van der Waals surface area contributed by atoms with Crippen LogP contribution >= 0.6 is 12.6 Å². The van der Waals surface area contributed by atoms with E-state index in [2.05, 4.69) is 54.6 Å². The number of thiol groups is 1. The van der Waals surface area contributed by atoms with Gasteiger partial charge in [0.15, 0.2) is 6.10 Å². The first-order valence-corrected chi connectivity index (χ1v) is 11.1. The molecular weight excluding hydrogens is 410 g/mol. The van der Waals surface area contributed by atoms with E-state index in [4.69, 9.17) is 9.47 Å². The highest BCUT2D eigenvalue weighted by Crippen LogP contribution is 2.24. The van der Waals surface area contributed by atoms with Gasteiger partial charge >= 0.3 is 5.97 Å². The Morgan fingerprint density at radius 3 is 2.58 bits per heavy atom. The van der Waals surface area contributed by atoms with Crippen LogP contribution in [-0.4, -0.2) is 35.0 Å². The van der Waals surface area contributed by atoms with E-state index in [0.717, 1.165) is 29.3 Å². The number of carboxylic acids is 1. The Morgan fingerprint density at radius 1 is 1.16 bits per heavy atom. The zero-order chi connectivity index (χ0) is 22.2. The van der Waals surface area contributed by atoms with Gasteiger partial charge in [0, 0.05) is 30.7 Å². The molecule has 1 heterocycles. The first-order chi connectivity index (χ1) is 15.0. The van der Waals surface area contributed by atoms with E-state index in [1.165, 1.54) is 16.7 Å². The monoisotopic (exact) mass is 439 g/mol. The molecule has 0 spiro atoms. The van der Waals surface area contributed by atoms with Crippen LogP contribution in [0.4, 0.5) is 0 Å². The fourth-order valence-corrected chi connectivity index (χ4v) is 3.87. The molecule has 0 saturated carbocycles. The minimum absolute atomic E-state index is 0.335. The number of hydrogen-bond donors (Lipinski definition) is 2. The molecule has 3 aromatic rings. The van der Waals surface area contributed by atoms with Crippen molar-refractivity contribution < 1.29 is 19.4 Å². The molecule has 164 valence electrons. The Morgan fingerprint density at radius 2 is 1.94 bits per heavy atom. The summed E-state index contributed by atoms with van der Waals surface area (Å²) in [5.74, 6) is 0.553. The molecule has 0 aliphatic rings. The minimum atomic E-state index is -0.944. The molecule has 0 saturated heterocycles. The SMILES string of the molecule is CCOC(Cc1ccc(OCCn2cccc2-c2ccc(CS)c(C)c2)cc1)C(=O)O. The van der Waals surface area contributed by atoms with Crippen LogP contribution in [0.2, 0.25) is 0 Å². The third-order valence-electron chi connectivity index (χ3n) is 5.23. The van der Waals surface area contributed by atoms with Crippen LogP contribution < -0.4 is 4.74 Å². The van der Waals surface area contributed by atoms with E-state index >= 15 is 0 Å². The van der Waals surface area contributed by atoms with Gasteiger partial charge in [-0.15, -0.1) is 0 Å².